The molecule has 4 heteroatoms. The fourth-order valence-corrected chi connectivity index (χ4v) is 2.84. The van der Waals surface area contributed by atoms with Crippen LogP contribution >= 0.6 is 0 Å². The lowest BCUT2D eigenvalue weighted by Gasteiger charge is -2.03. The highest BCUT2D eigenvalue weighted by atomic mass is 16.1. The van der Waals surface area contributed by atoms with Gasteiger partial charge >= 0.3 is 0 Å². The van der Waals surface area contributed by atoms with E-state index in [1.165, 1.54) is 25.7 Å². The Labute approximate surface area is 112 Å². The molecule has 0 bridgehead atoms. The van der Waals surface area contributed by atoms with E-state index in [9.17, 15) is 4.79 Å². The zero-order valence-electron chi connectivity index (χ0n) is 11.1. The van der Waals surface area contributed by atoms with Gasteiger partial charge in [-0.2, -0.15) is 0 Å². The van der Waals surface area contributed by atoms with Crippen LogP contribution in [0.25, 0.3) is 11.0 Å². The van der Waals surface area contributed by atoms with Crippen molar-refractivity contribution in [2.24, 2.45) is 5.73 Å². The van der Waals surface area contributed by atoms with Gasteiger partial charge in [-0.1, -0.05) is 12.8 Å². The minimum atomic E-state index is -0.463. The Morgan fingerprint density at radius 1 is 1.42 bits per heavy atom. The number of Topliss-reactive ketones (excluding diaryl/α,β-unsaturated/α-hetero) is 1. The topological polar surface area (TPSA) is 71.8 Å². The number of carbonyl (C=O) groups is 1. The van der Waals surface area contributed by atoms with Gasteiger partial charge in [-0.25, -0.2) is 4.98 Å². The number of benzene rings is 1. The van der Waals surface area contributed by atoms with Crippen molar-refractivity contribution in [3.8, 4) is 0 Å². The van der Waals surface area contributed by atoms with Crippen molar-refractivity contribution in [1.29, 1.82) is 0 Å². The third-order valence-corrected chi connectivity index (χ3v) is 3.94. The summed E-state index contributed by atoms with van der Waals surface area (Å²) in [4.78, 5) is 19.9. The zero-order valence-corrected chi connectivity index (χ0v) is 11.1. The fraction of sp³-hybridized carbons (Fsp3) is 0.467. The summed E-state index contributed by atoms with van der Waals surface area (Å²) in [6, 6.07) is 5.12. The minimum absolute atomic E-state index is 0.0288. The SMILES string of the molecule is CC(N)C(=O)c1ccc2nc(C3CCCC3)[nH]c2c1. The number of rotatable bonds is 3. The Kier molecular flexibility index (Phi) is 3.11. The number of nitrogens with zero attached hydrogens (tertiary/aromatic N) is 1. The number of hydrogen-bond acceptors (Lipinski definition) is 3. The largest absolute Gasteiger partial charge is 0.342 e. The first-order valence-electron chi connectivity index (χ1n) is 6.94. The van der Waals surface area contributed by atoms with Gasteiger partial charge < -0.3 is 10.7 Å². The highest BCUT2D eigenvalue weighted by Crippen LogP contribution is 2.33. The Morgan fingerprint density at radius 3 is 2.84 bits per heavy atom. The summed E-state index contributed by atoms with van der Waals surface area (Å²) in [6.45, 7) is 1.71. The number of H-pyrrole nitrogens is 1. The monoisotopic (exact) mass is 257 g/mol. The molecule has 2 aromatic rings. The van der Waals surface area contributed by atoms with E-state index in [4.69, 9.17) is 5.73 Å². The molecule has 3 rings (SSSR count). The van der Waals surface area contributed by atoms with Gasteiger partial charge in [0.25, 0.3) is 0 Å². The molecular weight excluding hydrogens is 238 g/mol. The molecular formula is C15H19N3O. The predicted molar refractivity (Wildman–Crippen MR) is 75.3 cm³/mol. The molecule has 1 saturated carbocycles. The van der Waals surface area contributed by atoms with Crippen molar-refractivity contribution < 1.29 is 4.79 Å². The molecule has 0 radical (unpaired) electrons. The van der Waals surface area contributed by atoms with Crippen molar-refractivity contribution in [3.05, 3.63) is 29.6 Å². The summed E-state index contributed by atoms with van der Waals surface area (Å²) in [5.41, 5.74) is 8.17. The lowest BCUT2D eigenvalue weighted by atomic mass is 10.1. The molecule has 1 aromatic carbocycles. The first-order chi connectivity index (χ1) is 9.15. The molecule has 19 heavy (non-hydrogen) atoms. The molecule has 1 fully saturated rings. The fourth-order valence-electron chi connectivity index (χ4n) is 2.84. The molecule has 0 amide bonds. The second-order valence-corrected chi connectivity index (χ2v) is 5.49. The number of aromatic nitrogens is 2. The summed E-state index contributed by atoms with van der Waals surface area (Å²) >= 11 is 0. The number of aromatic amines is 1. The Hall–Kier alpha value is -1.68. The molecule has 1 atom stereocenters. The molecule has 1 aliphatic rings. The smallest absolute Gasteiger partial charge is 0.179 e. The van der Waals surface area contributed by atoms with Gasteiger partial charge in [0.2, 0.25) is 0 Å². The van der Waals surface area contributed by atoms with E-state index < -0.39 is 6.04 Å². The number of nitrogens with two attached hydrogens (primary N) is 1. The number of imidazole rings is 1. The highest BCUT2D eigenvalue weighted by Gasteiger charge is 2.20. The van der Waals surface area contributed by atoms with Crippen molar-refractivity contribution >= 4 is 16.8 Å². The second kappa shape index (κ2) is 4.78. The van der Waals surface area contributed by atoms with E-state index in [0.29, 0.717) is 11.5 Å². The second-order valence-electron chi connectivity index (χ2n) is 5.49. The van der Waals surface area contributed by atoms with Crippen LogP contribution in [0.5, 0.6) is 0 Å². The molecule has 1 aromatic heterocycles. The van der Waals surface area contributed by atoms with Gasteiger partial charge in [-0.05, 0) is 38.0 Å². The molecule has 100 valence electrons. The molecule has 1 aliphatic carbocycles. The van der Waals surface area contributed by atoms with Gasteiger partial charge in [-0.15, -0.1) is 0 Å². The molecule has 0 aliphatic heterocycles. The van der Waals surface area contributed by atoms with Crippen LogP contribution < -0.4 is 5.73 Å². The first kappa shape index (κ1) is 12.4. The Balaban J connectivity index is 1.96. The van der Waals surface area contributed by atoms with E-state index in [0.717, 1.165) is 16.9 Å². The first-order valence-corrected chi connectivity index (χ1v) is 6.94. The number of ketones is 1. The summed E-state index contributed by atoms with van der Waals surface area (Å²) in [6.07, 6.45) is 5.00. The van der Waals surface area contributed by atoms with Crippen LogP contribution in [-0.4, -0.2) is 21.8 Å². The number of nitrogens with one attached hydrogen (secondary N) is 1. The van der Waals surface area contributed by atoms with E-state index in [2.05, 4.69) is 9.97 Å². The van der Waals surface area contributed by atoms with Gasteiger partial charge in [-0.3, -0.25) is 4.79 Å². The average Bonchev–Trinajstić information content (AvgIpc) is 3.05. The molecule has 4 nitrogen and oxygen atoms in total. The van der Waals surface area contributed by atoms with Crippen molar-refractivity contribution in [2.75, 3.05) is 0 Å². The Bertz CT molecular complexity index is 609. The lowest BCUT2D eigenvalue weighted by molar-refractivity contribution is 0.0968. The maximum atomic E-state index is 11.9. The summed E-state index contributed by atoms with van der Waals surface area (Å²) < 4.78 is 0. The van der Waals surface area contributed by atoms with Gasteiger partial charge in [0, 0.05) is 11.5 Å². The maximum Gasteiger partial charge on any atom is 0.179 e. The van der Waals surface area contributed by atoms with Gasteiger partial charge in [0.05, 0.1) is 17.1 Å². The van der Waals surface area contributed by atoms with Crippen molar-refractivity contribution in [1.82, 2.24) is 9.97 Å². The van der Waals surface area contributed by atoms with Crippen LogP contribution in [0.1, 0.15) is 54.7 Å². The van der Waals surface area contributed by atoms with Crippen LogP contribution in [0, 0.1) is 0 Å². The normalized spacial score (nSPS) is 18.0. The van der Waals surface area contributed by atoms with Crippen LogP contribution in [0.15, 0.2) is 18.2 Å². The van der Waals surface area contributed by atoms with E-state index in [-0.39, 0.29) is 5.78 Å². The molecule has 1 heterocycles. The number of hydrogen-bond donors (Lipinski definition) is 2. The number of carbonyl (C=O) groups excluding carboxylic acids is 1. The molecule has 0 spiro atoms. The summed E-state index contributed by atoms with van der Waals surface area (Å²) in [7, 11) is 0. The zero-order chi connectivity index (χ0) is 13.4. The third kappa shape index (κ3) is 2.28. The molecule has 0 saturated heterocycles. The average molecular weight is 257 g/mol. The quantitative estimate of drug-likeness (QED) is 0.830. The molecule has 3 N–H and O–H groups in total. The molecule has 1 unspecified atom stereocenters. The third-order valence-electron chi connectivity index (χ3n) is 3.94. The number of fused-ring (bicyclic) bond motifs is 1. The van der Waals surface area contributed by atoms with Crippen LogP contribution in [0.4, 0.5) is 0 Å². The van der Waals surface area contributed by atoms with E-state index >= 15 is 0 Å². The highest BCUT2D eigenvalue weighted by molar-refractivity contribution is 6.01. The summed E-state index contributed by atoms with van der Waals surface area (Å²) in [5.74, 6) is 1.59. The van der Waals surface area contributed by atoms with E-state index in [1.807, 2.05) is 18.2 Å². The van der Waals surface area contributed by atoms with Crippen molar-refractivity contribution in [3.63, 3.8) is 0 Å². The minimum Gasteiger partial charge on any atom is -0.342 e. The lowest BCUT2D eigenvalue weighted by Crippen LogP contribution is -2.26. The maximum absolute atomic E-state index is 11.9. The summed E-state index contributed by atoms with van der Waals surface area (Å²) in [5, 5.41) is 0. The standard InChI is InChI=1S/C15H19N3O/c1-9(16)14(19)11-6-7-12-13(8-11)18-15(17-12)10-4-2-3-5-10/h6-10H,2-5,16H2,1H3,(H,17,18). The van der Waals surface area contributed by atoms with Gasteiger partial charge in [0.1, 0.15) is 5.82 Å². The van der Waals surface area contributed by atoms with Crippen LogP contribution in [-0.2, 0) is 0 Å². The van der Waals surface area contributed by atoms with Crippen LogP contribution in [0.2, 0.25) is 0 Å². The van der Waals surface area contributed by atoms with E-state index in [1.54, 1.807) is 6.92 Å². The van der Waals surface area contributed by atoms with Crippen LogP contribution in [0.3, 0.4) is 0 Å². The Morgan fingerprint density at radius 2 is 2.16 bits per heavy atom. The predicted octanol–water partition coefficient (Wildman–Crippen LogP) is 2.75. The van der Waals surface area contributed by atoms with Crippen molar-refractivity contribution in [2.45, 2.75) is 44.6 Å². The van der Waals surface area contributed by atoms with Gasteiger partial charge in [0.15, 0.2) is 5.78 Å².